The van der Waals surface area contributed by atoms with Crippen LogP contribution in [0.25, 0.3) is 0 Å². The van der Waals surface area contributed by atoms with Crippen molar-refractivity contribution in [2.24, 2.45) is 0 Å². The third kappa shape index (κ3) is 8.88. The van der Waals surface area contributed by atoms with E-state index < -0.39 is 0 Å². The second kappa shape index (κ2) is 10.4. The van der Waals surface area contributed by atoms with E-state index in [1.165, 1.54) is 12.8 Å². The molecule has 1 N–H and O–H groups in total. The number of hydrogen-bond donors (Lipinski definition) is 1. The molecule has 0 rings (SSSR count). The second-order valence-electron chi connectivity index (χ2n) is 3.68. The van der Waals surface area contributed by atoms with E-state index in [9.17, 15) is 4.79 Å². The Bertz CT molecular complexity index is 165. The first-order valence-corrected chi connectivity index (χ1v) is 6.71. The number of methoxy groups -OCH3 is 1. The first-order chi connectivity index (χ1) is 7.24. The molecule has 0 aromatic rings. The Morgan fingerprint density at radius 2 is 2.13 bits per heavy atom. The van der Waals surface area contributed by atoms with Gasteiger partial charge in [-0.1, -0.05) is 42.1 Å². The zero-order chi connectivity index (χ0) is 11.5. The van der Waals surface area contributed by atoms with Crippen LogP contribution >= 0.6 is 15.9 Å². The quantitative estimate of drug-likeness (QED) is 0.520. The highest BCUT2D eigenvalue weighted by Gasteiger charge is 2.09. The number of amides is 1. The van der Waals surface area contributed by atoms with E-state index >= 15 is 0 Å². The maximum Gasteiger partial charge on any atom is 0.220 e. The minimum absolute atomic E-state index is 0.0914. The average molecular weight is 280 g/mol. The lowest BCUT2D eigenvalue weighted by atomic mass is 10.1. The first-order valence-electron chi connectivity index (χ1n) is 5.58. The summed E-state index contributed by atoms with van der Waals surface area (Å²) in [5.74, 6) is 0.132. The van der Waals surface area contributed by atoms with E-state index in [0.717, 1.165) is 18.2 Å². The van der Waals surface area contributed by atoms with Crippen LogP contribution in [-0.4, -0.2) is 31.0 Å². The summed E-state index contributed by atoms with van der Waals surface area (Å²) in [6.07, 6.45) is 5.19. The molecule has 90 valence electrons. The molecule has 0 spiro atoms. The van der Waals surface area contributed by atoms with Crippen LogP contribution in [0.1, 0.15) is 39.0 Å². The van der Waals surface area contributed by atoms with Crippen molar-refractivity contribution in [2.75, 3.05) is 19.0 Å². The predicted octanol–water partition coefficient (Wildman–Crippen LogP) is 2.48. The van der Waals surface area contributed by atoms with Crippen LogP contribution in [0.3, 0.4) is 0 Å². The van der Waals surface area contributed by atoms with Gasteiger partial charge in [0, 0.05) is 18.9 Å². The molecule has 3 nitrogen and oxygen atoms in total. The van der Waals surface area contributed by atoms with E-state index in [0.29, 0.717) is 13.0 Å². The van der Waals surface area contributed by atoms with Crippen LogP contribution in [0, 0.1) is 0 Å². The summed E-state index contributed by atoms with van der Waals surface area (Å²) in [5, 5.41) is 3.67. The normalized spacial score (nSPS) is 12.5. The van der Waals surface area contributed by atoms with Gasteiger partial charge in [-0.05, 0) is 6.42 Å². The number of alkyl halides is 1. The van der Waals surface area contributed by atoms with Crippen LogP contribution in [0.5, 0.6) is 0 Å². The number of carbonyl (C=O) groups is 1. The average Bonchev–Trinajstić information content (AvgIpc) is 2.24. The van der Waals surface area contributed by atoms with Gasteiger partial charge >= 0.3 is 0 Å². The van der Waals surface area contributed by atoms with Crippen LogP contribution in [0.4, 0.5) is 0 Å². The van der Waals surface area contributed by atoms with Crippen LogP contribution in [0.15, 0.2) is 0 Å². The summed E-state index contributed by atoms with van der Waals surface area (Å²) >= 11 is 3.34. The van der Waals surface area contributed by atoms with Crippen molar-refractivity contribution in [3.8, 4) is 0 Å². The molecule has 0 saturated carbocycles. The largest absolute Gasteiger partial charge is 0.383 e. The second-order valence-corrected chi connectivity index (χ2v) is 4.33. The Morgan fingerprint density at radius 3 is 2.67 bits per heavy atom. The Morgan fingerprint density at radius 1 is 1.40 bits per heavy atom. The highest BCUT2D eigenvalue weighted by atomic mass is 79.9. The molecule has 0 bridgehead atoms. The van der Waals surface area contributed by atoms with Gasteiger partial charge in [0.15, 0.2) is 0 Å². The summed E-state index contributed by atoms with van der Waals surface area (Å²) < 4.78 is 4.99. The van der Waals surface area contributed by atoms with Gasteiger partial charge in [0.1, 0.15) is 0 Å². The molecule has 0 aliphatic rings. The molecule has 0 aliphatic heterocycles. The summed E-state index contributed by atoms with van der Waals surface area (Å²) in [6, 6.07) is 0.0914. The standard InChI is InChI=1S/C11H22BrNO2/c1-3-4-5-6-7-11(14)13-10(8-12)9-15-2/h10H,3-9H2,1-2H3,(H,13,14). The molecular formula is C11H22BrNO2. The SMILES string of the molecule is CCCCCCC(=O)NC(CBr)COC. The van der Waals surface area contributed by atoms with Crippen LogP contribution in [-0.2, 0) is 9.53 Å². The highest BCUT2D eigenvalue weighted by Crippen LogP contribution is 2.02. The molecule has 0 aliphatic carbocycles. The fraction of sp³-hybridized carbons (Fsp3) is 0.909. The number of nitrogens with one attached hydrogen (secondary N) is 1. The molecule has 0 radical (unpaired) electrons. The van der Waals surface area contributed by atoms with Crippen molar-refractivity contribution >= 4 is 21.8 Å². The number of ether oxygens (including phenoxy) is 1. The van der Waals surface area contributed by atoms with Crippen molar-refractivity contribution in [3.05, 3.63) is 0 Å². The third-order valence-corrected chi connectivity index (χ3v) is 2.96. The first kappa shape index (κ1) is 14.9. The van der Waals surface area contributed by atoms with Crippen molar-refractivity contribution in [2.45, 2.75) is 45.1 Å². The van der Waals surface area contributed by atoms with E-state index in [1.54, 1.807) is 7.11 Å². The maximum absolute atomic E-state index is 11.5. The molecular weight excluding hydrogens is 258 g/mol. The third-order valence-electron chi connectivity index (χ3n) is 2.18. The Kier molecular flexibility index (Phi) is 10.4. The number of hydrogen-bond acceptors (Lipinski definition) is 2. The zero-order valence-corrected chi connectivity index (χ0v) is 11.3. The molecule has 0 saturated heterocycles. The van der Waals surface area contributed by atoms with Crippen molar-refractivity contribution in [1.82, 2.24) is 5.32 Å². The summed E-state index contributed by atoms with van der Waals surface area (Å²) in [4.78, 5) is 11.5. The number of unbranched alkanes of at least 4 members (excludes halogenated alkanes) is 3. The molecule has 0 heterocycles. The van der Waals surface area contributed by atoms with Gasteiger partial charge in [-0.3, -0.25) is 4.79 Å². The summed E-state index contributed by atoms with van der Waals surface area (Å²) in [6.45, 7) is 2.73. The minimum Gasteiger partial charge on any atom is -0.383 e. The highest BCUT2D eigenvalue weighted by molar-refractivity contribution is 9.09. The van der Waals surface area contributed by atoms with Crippen LogP contribution < -0.4 is 5.32 Å². The predicted molar refractivity (Wildman–Crippen MR) is 66.4 cm³/mol. The monoisotopic (exact) mass is 279 g/mol. The van der Waals surface area contributed by atoms with Gasteiger partial charge in [-0.25, -0.2) is 0 Å². The molecule has 1 unspecified atom stereocenters. The summed E-state index contributed by atoms with van der Waals surface area (Å²) in [5.41, 5.74) is 0. The minimum atomic E-state index is 0.0914. The lowest BCUT2D eigenvalue weighted by Gasteiger charge is -2.14. The Hall–Kier alpha value is -0.0900. The van der Waals surface area contributed by atoms with E-state index in [2.05, 4.69) is 28.2 Å². The zero-order valence-electron chi connectivity index (χ0n) is 9.72. The molecule has 0 aromatic heterocycles. The molecule has 0 aromatic carbocycles. The number of halogens is 1. The number of rotatable bonds is 9. The van der Waals surface area contributed by atoms with Crippen molar-refractivity contribution in [1.29, 1.82) is 0 Å². The van der Waals surface area contributed by atoms with Gasteiger partial charge in [0.05, 0.1) is 12.6 Å². The fourth-order valence-corrected chi connectivity index (χ4v) is 1.69. The molecule has 4 heteroatoms. The fourth-order valence-electron chi connectivity index (χ4n) is 1.34. The summed E-state index contributed by atoms with van der Waals surface area (Å²) in [7, 11) is 1.64. The topological polar surface area (TPSA) is 38.3 Å². The van der Waals surface area contributed by atoms with E-state index in [-0.39, 0.29) is 11.9 Å². The van der Waals surface area contributed by atoms with E-state index in [1.807, 2.05) is 0 Å². The van der Waals surface area contributed by atoms with Crippen LogP contribution in [0.2, 0.25) is 0 Å². The smallest absolute Gasteiger partial charge is 0.220 e. The molecule has 1 atom stereocenters. The number of carbonyl (C=O) groups excluding carboxylic acids is 1. The van der Waals surface area contributed by atoms with E-state index in [4.69, 9.17) is 4.74 Å². The lowest BCUT2D eigenvalue weighted by molar-refractivity contribution is -0.122. The Labute approximate surface area is 101 Å². The van der Waals surface area contributed by atoms with Gasteiger partial charge in [0.25, 0.3) is 0 Å². The lowest BCUT2D eigenvalue weighted by Crippen LogP contribution is -2.39. The van der Waals surface area contributed by atoms with Crippen molar-refractivity contribution in [3.63, 3.8) is 0 Å². The van der Waals surface area contributed by atoms with Gasteiger partial charge in [-0.15, -0.1) is 0 Å². The van der Waals surface area contributed by atoms with Gasteiger partial charge < -0.3 is 10.1 Å². The molecule has 1 amide bonds. The molecule has 15 heavy (non-hydrogen) atoms. The maximum atomic E-state index is 11.5. The molecule has 0 fully saturated rings. The van der Waals surface area contributed by atoms with Gasteiger partial charge in [0.2, 0.25) is 5.91 Å². The Balaban J connectivity index is 3.52. The van der Waals surface area contributed by atoms with Gasteiger partial charge in [-0.2, -0.15) is 0 Å². The van der Waals surface area contributed by atoms with Crippen molar-refractivity contribution < 1.29 is 9.53 Å².